The van der Waals surface area contributed by atoms with Gasteiger partial charge in [0.25, 0.3) is 10.1 Å². The van der Waals surface area contributed by atoms with Gasteiger partial charge in [-0.25, -0.2) is 0 Å². The van der Waals surface area contributed by atoms with E-state index < -0.39 is 10.1 Å². The van der Waals surface area contributed by atoms with Crippen molar-refractivity contribution >= 4 is 20.9 Å². The summed E-state index contributed by atoms with van der Waals surface area (Å²) in [4.78, 5) is -0.238. The van der Waals surface area contributed by atoms with Crippen LogP contribution in [-0.2, 0) is 15.2 Å². The molecule has 2 rings (SSSR count). The Morgan fingerprint density at radius 1 is 0.933 bits per heavy atom. The second-order valence-corrected chi connectivity index (χ2v) is 4.47. The van der Waals surface area contributed by atoms with Crippen molar-refractivity contribution in [1.29, 1.82) is 0 Å². The fourth-order valence-corrected chi connectivity index (χ4v) is 2.18. The first kappa shape index (κ1) is 9.95. The Hall–Kier alpha value is -1.59. The molecule has 0 bridgehead atoms. The quantitative estimate of drug-likeness (QED) is 0.753. The zero-order valence-electron chi connectivity index (χ0n) is 7.54. The normalized spacial score (nSPS) is 11.8. The van der Waals surface area contributed by atoms with E-state index in [-0.39, 0.29) is 21.4 Å². The first-order valence-electron chi connectivity index (χ1n) is 4.16. The smallest absolute Gasteiger partial charge is 0.289 e. The Balaban J connectivity index is 2.96. The molecule has 15 heavy (non-hydrogen) atoms. The molecular weight excluding hydrogens is 216 g/mol. The third-order valence-corrected chi connectivity index (χ3v) is 3.03. The van der Waals surface area contributed by atoms with Gasteiger partial charge in [-0.05, 0) is 12.1 Å². The lowest BCUT2D eigenvalue weighted by molar-refractivity contribution is 0.360. The number of hydrogen-bond donors (Lipinski definition) is 1. The molecule has 0 unspecified atom stereocenters. The minimum absolute atomic E-state index is 0.238. The summed E-state index contributed by atoms with van der Waals surface area (Å²) in [5.74, 6) is -0.266. The summed E-state index contributed by atoms with van der Waals surface area (Å²) in [5.41, 5.74) is 0. The molecule has 4 nitrogen and oxygen atoms in total. The van der Waals surface area contributed by atoms with Crippen LogP contribution in [0.3, 0.4) is 0 Å². The van der Waals surface area contributed by atoms with Crippen LogP contribution in [-0.4, -0.2) is 13.0 Å². The van der Waals surface area contributed by atoms with E-state index in [1.807, 2.05) is 0 Å². The maximum atomic E-state index is 11.4. The molecule has 0 fully saturated rings. The van der Waals surface area contributed by atoms with Gasteiger partial charge in [0.05, 0.1) is 0 Å². The van der Waals surface area contributed by atoms with Crippen LogP contribution in [0, 0.1) is 0 Å². The fourth-order valence-electron chi connectivity index (χ4n) is 1.48. The highest BCUT2D eigenvalue weighted by Gasteiger charge is 2.14. The largest absolute Gasteiger partial charge is 0.295 e. The molecule has 0 amide bonds. The summed E-state index contributed by atoms with van der Waals surface area (Å²) >= 11 is 0. The standard InChI is InChI=1S/C10H7O4S/c11-9-5-1-4-8-7(9)3-2-6-10(8)15(12,13)14/h1-6H,(H,12,13,14). The first-order chi connectivity index (χ1) is 7.00. The third-order valence-electron chi connectivity index (χ3n) is 2.12. The zero-order valence-corrected chi connectivity index (χ0v) is 8.36. The minimum atomic E-state index is -4.29. The van der Waals surface area contributed by atoms with E-state index in [4.69, 9.17) is 4.55 Å². The van der Waals surface area contributed by atoms with E-state index >= 15 is 0 Å². The van der Waals surface area contributed by atoms with Gasteiger partial charge in [0.1, 0.15) is 4.90 Å². The zero-order chi connectivity index (χ0) is 11.1. The van der Waals surface area contributed by atoms with Crippen molar-refractivity contribution in [2.24, 2.45) is 0 Å². The predicted molar refractivity (Wildman–Crippen MR) is 53.9 cm³/mol. The summed E-state index contributed by atoms with van der Waals surface area (Å²) < 4.78 is 31.0. The molecule has 1 radical (unpaired) electrons. The highest BCUT2D eigenvalue weighted by molar-refractivity contribution is 7.86. The summed E-state index contributed by atoms with van der Waals surface area (Å²) in [7, 11) is -4.29. The van der Waals surface area contributed by atoms with Crippen molar-refractivity contribution in [3.8, 4) is 5.75 Å². The van der Waals surface area contributed by atoms with E-state index in [9.17, 15) is 13.5 Å². The first-order valence-corrected chi connectivity index (χ1v) is 5.60. The summed E-state index contributed by atoms with van der Waals surface area (Å²) in [6.45, 7) is 0. The lowest BCUT2D eigenvalue weighted by Crippen LogP contribution is -1.98. The van der Waals surface area contributed by atoms with Crippen LogP contribution >= 0.6 is 0 Å². The maximum absolute atomic E-state index is 11.4. The molecule has 2 aromatic carbocycles. The van der Waals surface area contributed by atoms with Gasteiger partial charge in [-0.3, -0.25) is 9.66 Å². The second-order valence-electron chi connectivity index (χ2n) is 3.08. The lowest BCUT2D eigenvalue weighted by atomic mass is 10.1. The molecule has 0 heterocycles. The average Bonchev–Trinajstić information content (AvgIpc) is 2.16. The van der Waals surface area contributed by atoms with Crippen LogP contribution in [0.1, 0.15) is 0 Å². The van der Waals surface area contributed by atoms with Crippen molar-refractivity contribution in [2.75, 3.05) is 0 Å². The minimum Gasteiger partial charge on any atom is -0.289 e. The Bertz CT molecular complexity index is 616. The monoisotopic (exact) mass is 223 g/mol. The van der Waals surface area contributed by atoms with E-state index in [0.29, 0.717) is 0 Å². The summed E-state index contributed by atoms with van der Waals surface area (Å²) in [6, 6.07) is 8.49. The van der Waals surface area contributed by atoms with E-state index in [1.165, 1.54) is 36.4 Å². The molecule has 1 N–H and O–H groups in total. The van der Waals surface area contributed by atoms with E-state index in [2.05, 4.69) is 0 Å². The molecule has 0 saturated carbocycles. The molecular formula is C10H7O4S. The average molecular weight is 223 g/mol. The second kappa shape index (κ2) is 3.22. The maximum Gasteiger partial charge on any atom is 0.295 e. The van der Waals surface area contributed by atoms with Gasteiger partial charge in [-0.15, -0.1) is 0 Å². The van der Waals surface area contributed by atoms with Crippen molar-refractivity contribution in [3.05, 3.63) is 36.4 Å². The molecule has 0 aliphatic carbocycles. The van der Waals surface area contributed by atoms with Gasteiger partial charge < -0.3 is 0 Å². The Kier molecular flexibility index (Phi) is 2.13. The Labute approximate surface area is 86.5 Å². The molecule has 77 valence electrons. The van der Waals surface area contributed by atoms with Crippen LogP contribution in [0.15, 0.2) is 41.3 Å². The van der Waals surface area contributed by atoms with Gasteiger partial charge in [0, 0.05) is 10.8 Å². The molecule has 0 aliphatic heterocycles. The summed E-state index contributed by atoms with van der Waals surface area (Å²) in [6.07, 6.45) is 0. The number of benzene rings is 2. The van der Waals surface area contributed by atoms with E-state index in [0.717, 1.165) is 0 Å². The molecule has 0 saturated heterocycles. The molecule has 0 aromatic heterocycles. The molecule has 5 heteroatoms. The Morgan fingerprint density at radius 3 is 2.20 bits per heavy atom. The lowest BCUT2D eigenvalue weighted by Gasteiger charge is -2.03. The Morgan fingerprint density at radius 2 is 1.53 bits per heavy atom. The van der Waals surface area contributed by atoms with Crippen molar-refractivity contribution in [3.63, 3.8) is 0 Å². The fraction of sp³-hybridized carbons (Fsp3) is 0. The van der Waals surface area contributed by atoms with Gasteiger partial charge in [0.15, 0.2) is 5.75 Å². The molecule has 2 aromatic rings. The van der Waals surface area contributed by atoms with Gasteiger partial charge >= 0.3 is 0 Å². The van der Waals surface area contributed by atoms with Crippen LogP contribution < -0.4 is 0 Å². The van der Waals surface area contributed by atoms with Gasteiger partial charge in [-0.2, -0.15) is 8.42 Å². The van der Waals surface area contributed by atoms with Gasteiger partial charge in [-0.1, -0.05) is 24.3 Å². The highest BCUT2D eigenvalue weighted by Crippen LogP contribution is 2.29. The van der Waals surface area contributed by atoms with Crippen molar-refractivity contribution in [2.45, 2.75) is 4.90 Å². The molecule has 0 atom stereocenters. The number of rotatable bonds is 1. The third kappa shape index (κ3) is 1.67. The predicted octanol–water partition coefficient (Wildman–Crippen LogP) is 2.23. The SMILES string of the molecule is [O]c1cccc2c(S(=O)(=O)O)cccc12. The summed E-state index contributed by atoms with van der Waals surface area (Å²) in [5, 5.41) is 11.9. The van der Waals surface area contributed by atoms with Crippen LogP contribution in [0.5, 0.6) is 5.75 Å². The van der Waals surface area contributed by atoms with Crippen molar-refractivity contribution < 1.29 is 18.1 Å². The van der Waals surface area contributed by atoms with Crippen LogP contribution in [0.2, 0.25) is 0 Å². The molecule has 0 aliphatic rings. The van der Waals surface area contributed by atoms with Crippen LogP contribution in [0.4, 0.5) is 0 Å². The molecule has 0 spiro atoms. The highest BCUT2D eigenvalue weighted by atomic mass is 32.2. The van der Waals surface area contributed by atoms with E-state index in [1.54, 1.807) is 0 Å². The van der Waals surface area contributed by atoms with Crippen LogP contribution in [0.25, 0.3) is 10.8 Å². The number of fused-ring (bicyclic) bond motifs is 1. The van der Waals surface area contributed by atoms with Crippen molar-refractivity contribution in [1.82, 2.24) is 0 Å². The number of hydrogen-bond acceptors (Lipinski definition) is 2. The topological polar surface area (TPSA) is 74.3 Å². The van der Waals surface area contributed by atoms with Gasteiger partial charge in [0.2, 0.25) is 0 Å².